The summed E-state index contributed by atoms with van der Waals surface area (Å²) < 4.78 is 0. The van der Waals surface area contributed by atoms with Gasteiger partial charge in [-0.15, -0.1) is 0 Å². The van der Waals surface area contributed by atoms with E-state index in [1.807, 2.05) is 0 Å². The lowest BCUT2D eigenvalue weighted by Crippen LogP contribution is -2.58. The van der Waals surface area contributed by atoms with Crippen LogP contribution in [0.2, 0.25) is 0 Å². The molecule has 0 saturated carbocycles. The summed E-state index contributed by atoms with van der Waals surface area (Å²) >= 11 is 0. The standard InChI is InChI=1S/C21H28N10O6/c22-14(7-32)18(33)29-15(1-11-4-23-8-26-11)19(34)30-16(2-12-5-24-9-27-12)20(35)31-17(21(36)37)3-13-6-25-10-28-13/h4-6,8-10,14-17,32H,1-3,7,22H2,(H,23,26)(H,24,27)(H,25,28)(H,29,33)(H,30,34)(H,31,35)(H,36,37). The molecule has 16 heteroatoms. The fraction of sp³-hybridized carbons (Fsp3) is 0.381. The van der Waals surface area contributed by atoms with E-state index in [0.717, 1.165) is 0 Å². The molecule has 10 N–H and O–H groups in total. The number of hydrogen-bond donors (Lipinski definition) is 9. The van der Waals surface area contributed by atoms with Crippen molar-refractivity contribution in [2.75, 3.05) is 6.61 Å². The molecule has 0 aliphatic heterocycles. The van der Waals surface area contributed by atoms with Gasteiger partial charge in [0.15, 0.2) is 0 Å². The van der Waals surface area contributed by atoms with Gasteiger partial charge in [0, 0.05) is 54.9 Å². The number of nitrogens with one attached hydrogen (secondary N) is 6. The van der Waals surface area contributed by atoms with Crippen LogP contribution in [-0.2, 0) is 38.4 Å². The first-order chi connectivity index (χ1) is 17.8. The van der Waals surface area contributed by atoms with Crippen molar-refractivity contribution < 1.29 is 29.4 Å². The second-order valence-electron chi connectivity index (χ2n) is 8.15. The zero-order valence-electron chi connectivity index (χ0n) is 19.5. The fourth-order valence-electron chi connectivity index (χ4n) is 3.37. The Bertz CT molecular complexity index is 1150. The Morgan fingerprint density at radius 3 is 1.46 bits per heavy atom. The molecule has 4 unspecified atom stereocenters. The Morgan fingerprint density at radius 2 is 1.11 bits per heavy atom. The maximum atomic E-state index is 13.2. The van der Waals surface area contributed by atoms with E-state index in [9.17, 15) is 29.4 Å². The molecule has 4 atom stereocenters. The third-order valence-electron chi connectivity index (χ3n) is 5.35. The number of aromatic amines is 3. The number of nitrogens with two attached hydrogens (primary N) is 1. The lowest BCUT2D eigenvalue weighted by molar-refractivity contribution is -0.142. The molecule has 0 saturated heterocycles. The summed E-state index contributed by atoms with van der Waals surface area (Å²) in [6.07, 6.45) is 8.38. The number of rotatable bonds is 14. The number of carbonyl (C=O) groups is 4. The van der Waals surface area contributed by atoms with Crippen LogP contribution in [0.3, 0.4) is 0 Å². The topological polar surface area (TPSA) is 257 Å². The molecular weight excluding hydrogens is 488 g/mol. The number of aliphatic carboxylic acids is 1. The van der Waals surface area contributed by atoms with Gasteiger partial charge in [0.1, 0.15) is 24.2 Å². The normalized spacial score (nSPS) is 14.2. The van der Waals surface area contributed by atoms with E-state index in [1.165, 1.54) is 37.6 Å². The molecule has 198 valence electrons. The highest BCUT2D eigenvalue weighted by Crippen LogP contribution is 2.06. The minimum absolute atomic E-state index is 0.0221. The lowest BCUT2D eigenvalue weighted by atomic mass is 10.1. The summed E-state index contributed by atoms with van der Waals surface area (Å²) in [5, 5.41) is 26.2. The average Bonchev–Trinajstić information content (AvgIpc) is 3.66. The number of carboxylic acid groups (broad SMARTS) is 1. The van der Waals surface area contributed by atoms with Gasteiger partial charge in [0.25, 0.3) is 0 Å². The SMILES string of the molecule is NC(CO)C(=O)NC(Cc1cnc[nH]1)C(=O)NC(Cc1cnc[nH]1)C(=O)NC(Cc1cnc[nH]1)C(=O)O. The molecule has 3 rings (SSSR count). The summed E-state index contributed by atoms with van der Waals surface area (Å²) in [7, 11) is 0. The van der Waals surface area contributed by atoms with Crippen molar-refractivity contribution in [3.63, 3.8) is 0 Å². The van der Waals surface area contributed by atoms with E-state index >= 15 is 0 Å². The van der Waals surface area contributed by atoms with Gasteiger partial charge < -0.3 is 46.8 Å². The summed E-state index contributed by atoms with van der Waals surface area (Å²) in [5.74, 6) is -3.57. The Kier molecular flexibility index (Phi) is 9.45. The van der Waals surface area contributed by atoms with Crippen LogP contribution >= 0.6 is 0 Å². The van der Waals surface area contributed by atoms with E-state index in [1.54, 1.807) is 0 Å². The number of aromatic nitrogens is 6. The second kappa shape index (κ2) is 12.9. The predicted molar refractivity (Wildman–Crippen MR) is 125 cm³/mol. The highest BCUT2D eigenvalue weighted by Gasteiger charge is 2.31. The number of carbonyl (C=O) groups excluding carboxylic acids is 3. The molecule has 3 heterocycles. The summed E-state index contributed by atoms with van der Waals surface area (Å²) in [5.41, 5.74) is 7.06. The third kappa shape index (κ3) is 7.97. The van der Waals surface area contributed by atoms with E-state index in [2.05, 4.69) is 45.9 Å². The molecule has 3 aromatic heterocycles. The molecule has 3 amide bonds. The number of imidazole rings is 3. The molecule has 0 fully saturated rings. The van der Waals surface area contributed by atoms with Gasteiger partial charge in [0.2, 0.25) is 17.7 Å². The number of aliphatic hydroxyl groups excluding tert-OH is 1. The van der Waals surface area contributed by atoms with Crippen LogP contribution in [0.4, 0.5) is 0 Å². The number of hydrogen-bond acceptors (Lipinski definition) is 9. The van der Waals surface area contributed by atoms with Gasteiger partial charge in [-0.25, -0.2) is 19.7 Å². The monoisotopic (exact) mass is 516 g/mol. The third-order valence-corrected chi connectivity index (χ3v) is 5.35. The maximum Gasteiger partial charge on any atom is 0.326 e. The van der Waals surface area contributed by atoms with Gasteiger partial charge in [-0.2, -0.15) is 0 Å². The second-order valence-corrected chi connectivity index (χ2v) is 8.15. The smallest absolute Gasteiger partial charge is 0.326 e. The van der Waals surface area contributed by atoms with E-state index < -0.39 is 54.5 Å². The average molecular weight is 517 g/mol. The lowest BCUT2D eigenvalue weighted by Gasteiger charge is -2.24. The van der Waals surface area contributed by atoms with Gasteiger partial charge >= 0.3 is 5.97 Å². The van der Waals surface area contributed by atoms with Crippen LogP contribution < -0.4 is 21.7 Å². The van der Waals surface area contributed by atoms with Crippen molar-refractivity contribution in [3.05, 3.63) is 54.7 Å². The number of carboxylic acids is 1. The first-order valence-corrected chi connectivity index (χ1v) is 11.2. The van der Waals surface area contributed by atoms with Crippen LogP contribution in [0, 0.1) is 0 Å². The summed E-state index contributed by atoms with van der Waals surface area (Å²) in [4.78, 5) is 70.5. The number of nitrogens with zero attached hydrogens (tertiary/aromatic N) is 3. The Morgan fingerprint density at radius 1 is 0.730 bits per heavy atom. The number of aliphatic hydroxyl groups is 1. The van der Waals surface area contributed by atoms with Crippen molar-refractivity contribution in [1.82, 2.24) is 45.9 Å². The molecule has 3 aromatic rings. The Labute approximate surface area is 209 Å². The zero-order valence-corrected chi connectivity index (χ0v) is 19.5. The maximum absolute atomic E-state index is 13.2. The van der Waals surface area contributed by atoms with E-state index in [-0.39, 0.29) is 19.3 Å². The molecule has 37 heavy (non-hydrogen) atoms. The van der Waals surface area contributed by atoms with Crippen LogP contribution in [0.5, 0.6) is 0 Å². The number of amides is 3. The molecule has 0 bridgehead atoms. The van der Waals surface area contributed by atoms with Gasteiger partial charge in [-0.05, 0) is 0 Å². The summed E-state index contributed by atoms with van der Waals surface area (Å²) in [6, 6.07) is -5.00. The largest absolute Gasteiger partial charge is 0.480 e. The van der Waals surface area contributed by atoms with Gasteiger partial charge in [0.05, 0.1) is 25.6 Å². The predicted octanol–water partition coefficient (Wildman–Crippen LogP) is -3.26. The molecule has 0 aromatic carbocycles. The van der Waals surface area contributed by atoms with Gasteiger partial charge in [-0.1, -0.05) is 0 Å². The highest BCUT2D eigenvalue weighted by molar-refractivity contribution is 5.94. The molecular formula is C21H28N10O6. The van der Waals surface area contributed by atoms with Crippen LogP contribution in [0.15, 0.2) is 37.6 Å². The molecule has 0 radical (unpaired) electrons. The van der Waals surface area contributed by atoms with Crippen LogP contribution in [0.25, 0.3) is 0 Å². The van der Waals surface area contributed by atoms with E-state index in [0.29, 0.717) is 17.1 Å². The number of H-pyrrole nitrogens is 3. The highest BCUT2D eigenvalue weighted by atomic mass is 16.4. The van der Waals surface area contributed by atoms with Crippen molar-refractivity contribution in [1.29, 1.82) is 0 Å². The van der Waals surface area contributed by atoms with Crippen molar-refractivity contribution in [2.24, 2.45) is 5.73 Å². The fourth-order valence-corrected chi connectivity index (χ4v) is 3.37. The summed E-state index contributed by atoms with van der Waals surface area (Å²) in [6.45, 7) is -0.637. The Hall–Kier alpha value is -4.57. The van der Waals surface area contributed by atoms with Crippen LogP contribution in [0.1, 0.15) is 17.1 Å². The zero-order chi connectivity index (χ0) is 26.8. The van der Waals surface area contributed by atoms with Crippen molar-refractivity contribution in [3.8, 4) is 0 Å². The molecule has 0 spiro atoms. The minimum Gasteiger partial charge on any atom is -0.480 e. The van der Waals surface area contributed by atoms with Crippen molar-refractivity contribution >= 4 is 23.7 Å². The van der Waals surface area contributed by atoms with Gasteiger partial charge in [-0.3, -0.25) is 14.4 Å². The first-order valence-electron chi connectivity index (χ1n) is 11.2. The quantitative estimate of drug-likeness (QED) is 0.103. The molecule has 16 nitrogen and oxygen atoms in total. The molecule has 0 aliphatic carbocycles. The Balaban J connectivity index is 1.78. The molecule has 0 aliphatic rings. The van der Waals surface area contributed by atoms with E-state index in [4.69, 9.17) is 5.73 Å². The van der Waals surface area contributed by atoms with Crippen molar-refractivity contribution in [2.45, 2.75) is 43.4 Å². The first kappa shape index (κ1) is 27.0. The minimum atomic E-state index is -1.31. The van der Waals surface area contributed by atoms with Crippen LogP contribution in [-0.4, -0.2) is 94.6 Å².